The lowest BCUT2D eigenvalue weighted by molar-refractivity contribution is 0.0314. The molecular formula is C24H35I3O4. The van der Waals surface area contributed by atoms with E-state index in [1.807, 2.05) is 19.9 Å². The van der Waals surface area contributed by atoms with Crippen LogP contribution in [0.3, 0.4) is 0 Å². The van der Waals surface area contributed by atoms with E-state index in [9.17, 15) is 9.59 Å². The van der Waals surface area contributed by atoms with E-state index in [0.717, 1.165) is 45.7 Å². The first-order valence-corrected chi connectivity index (χ1v) is 14.6. The molecule has 1 rings (SSSR count). The molecule has 0 radical (unpaired) electrons. The van der Waals surface area contributed by atoms with E-state index < -0.39 is 0 Å². The van der Waals surface area contributed by atoms with Gasteiger partial charge in [-0.05, 0) is 113 Å². The van der Waals surface area contributed by atoms with Gasteiger partial charge in [0.05, 0.1) is 23.3 Å². The molecule has 4 nitrogen and oxygen atoms in total. The molecule has 0 saturated carbocycles. The molecule has 7 heteroatoms. The summed E-state index contributed by atoms with van der Waals surface area (Å²) in [7, 11) is 0. The van der Waals surface area contributed by atoms with Crippen molar-refractivity contribution in [3.05, 3.63) is 27.9 Å². The Kier molecular flexibility index (Phi) is 15.2. The van der Waals surface area contributed by atoms with Crippen LogP contribution in [0.5, 0.6) is 0 Å². The molecule has 0 heterocycles. The van der Waals surface area contributed by atoms with Crippen molar-refractivity contribution < 1.29 is 19.1 Å². The predicted octanol–water partition coefficient (Wildman–Crippen LogP) is 8.53. The summed E-state index contributed by atoms with van der Waals surface area (Å²) < 4.78 is 13.6. The molecule has 0 aliphatic carbocycles. The second-order valence-electron chi connectivity index (χ2n) is 8.03. The average Bonchev–Trinajstić information content (AvgIpc) is 2.68. The van der Waals surface area contributed by atoms with Crippen LogP contribution in [0.15, 0.2) is 6.07 Å². The second-order valence-corrected chi connectivity index (χ2v) is 11.4. The van der Waals surface area contributed by atoms with Crippen molar-refractivity contribution in [1.82, 2.24) is 0 Å². The summed E-state index contributed by atoms with van der Waals surface area (Å²) in [5.41, 5.74) is 0.925. The Bertz CT molecular complexity index is 665. The minimum absolute atomic E-state index is 0.145. The van der Waals surface area contributed by atoms with E-state index in [1.54, 1.807) is 0 Å². The van der Waals surface area contributed by atoms with E-state index in [1.165, 1.54) is 25.7 Å². The van der Waals surface area contributed by atoms with Crippen LogP contribution in [-0.2, 0) is 9.47 Å². The number of unbranched alkanes of at least 4 members (excludes halogenated alkanes) is 6. The number of halogens is 3. The topological polar surface area (TPSA) is 52.6 Å². The number of carbonyl (C=O) groups is 2. The first-order chi connectivity index (χ1) is 14.7. The zero-order valence-corrected chi connectivity index (χ0v) is 25.5. The van der Waals surface area contributed by atoms with Crippen LogP contribution in [0.2, 0.25) is 0 Å². The molecule has 1 aromatic rings. The maximum Gasteiger partial charge on any atom is 0.340 e. The van der Waals surface area contributed by atoms with Gasteiger partial charge < -0.3 is 9.47 Å². The van der Waals surface area contributed by atoms with E-state index in [-0.39, 0.29) is 24.1 Å². The molecule has 0 N–H and O–H groups in total. The highest BCUT2D eigenvalue weighted by molar-refractivity contribution is 14.1. The average molecular weight is 768 g/mol. The maximum absolute atomic E-state index is 12.9. The van der Waals surface area contributed by atoms with Crippen LogP contribution in [0.4, 0.5) is 0 Å². The molecule has 0 aliphatic heterocycles. The number of rotatable bonds is 14. The minimum Gasteiger partial charge on any atom is -0.459 e. The maximum atomic E-state index is 12.9. The zero-order chi connectivity index (χ0) is 23.4. The molecule has 0 saturated heterocycles. The van der Waals surface area contributed by atoms with Crippen LogP contribution in [0.25, 0.3) is 0 Å². The van der Waals surface area contributed by atoms with Gasteiger partial charge in [-0.15, -0.1) is 0 Å². The number of carbonyl (C=O) groups excluding carboxylic acids is 2. The summed E-state index contributed by atoms with van der Waals surface area (Å²) in [4.78, 5) is 25.8. The number of esters is 2. The normalized spacial score (nSPS) is 13.0. The van der Waals surface area contributed by atoms with Gasteiger partial charge in [0.1, 0.15) is 0 Å². The van der Waals surface area contributed by atoms with Crippen LogP contribution in [0.1, 0.15) is 113 Å². The van der Waals surface area contributed by atoms with Crippen molar-refractivity contribution in [3.63, 3.8) is 0 Å². The van der Waals surface area contributed by atoms with Crippen LogP contribution in [0, 0.1) is 10.7 Å². The number of benzene rings is 1. The van der Waals surface area contributed by atoms with E-state index in [0.29, 0.717) is 14.7 Å². The zero-order valence-electron chi connectivity index (χ0n) is 19.1. The summed E-state index contributed by atoms with van der Waals surface area (Å²) in [6.07, 6.45) is 10.6. The predicted molar refractivity (Wildman–Crippen MR) is 152 cm³/mol. The quantitative estimate of drug-likeness (QED) is 0.108. The molecule has 0 fully saturated rings. The van der Waals surface area contributed by atoms with Crippen LogP contribution in [-0.4, -0.2) is 24.1 Å². The van der Waals surface area contributed by atoms with Gasteiger partial charge in [-0.1, -0.05) is 52.4 Å². The molecule has 176 valence electrons. The third-order valence-electron chi connectivity index (χ3n) is 5.12. The van der Waals surface area contributed by atoms with Crippen molar-refractivity contribution in [1.29, 1.82) is 0 Å². The molecule has 2 unspecified atom stereocenters. The fourth-order valence-corrected chi connectivity index (χ4v) is 7.53. The smallest absolute Gasteiger partial charge is 0.340 e. The Morgan fingerprint density at radius 2 is 1.13 bits per heavy atom. The van der Waals surface area contributed by atoms with Gasteiger partial charge in [0.15, 0.2) is 0 Å². The Morgan fingerprint density at radius 1 is 0.742 bits per heavy atom. The van der Waals surface area contributed by atoms with Crippen molar-refractivity contribution in [3.8, 4) is 0 Å². The SMILES string of the molecule is CCCCCCC(C)OC(=O)c1c(I)cc(I)c(C(=O)OC(C)CCCCCC)c1I. The summed E-state index contributed by atoms with van der Waals surface area (Å²) in [5.74, 6) is -0.732. The largest absolute Gasteiger partial charge is 0.459 e. The number of ether oxygens (including phenoxy) is 2. The van der Waals surface area contributed by atoms with Crippen molar-refractivity contribution in [2.75, 3.05) is 0 Å². The fourth-order valence-electron chi connectivity index (χ4n) is 3.28. The summed E-state index contributed by atoms with van der Waals surface area (Å²) in [6.45, 7) is 8.23. The monoisotopic (exact) mass is 768 g/mol. The van der Waals surface area contributed by atoms with E-state index >= 15 is 0 Å². The lowest BCUT2D eigenvalue weighted by atomic mass is 10.1. The van der Waals surface area contributed by atoms with E-state index in [4.69, 9.17) is 9.47 Å². The van der Waals surface area contributed by atoms with Crippen LogP contribution >= 0.6 is 67.8 Å². The third-order valence-corrected chi connectivity index (χ3v) is 7.90. The van der Waals surface area contributed by atoms with Crippen molar-refractivity contribution in [2.24, 2.45) is 0 Å². The molecule has 2 atom stereocenters. The van der Waals surface area contributed by atoms with Crippen LogP contribution < -0.4 is 0 Å². The molecule has 0 spiro atoms. The Labute approximate surface area is 228 Å². The van der Waals surface area contributed by atoms with Crippen molar-refractivity contribution in [2.45, 2.75) is 104 Å². The summed E-state index contributed by atoms with van der Waals surface area (Å²) in [5, 5.41) is 0. The van der Waals surface area contributed by atoms with Gasteiger partial charge in [0.25, 0.3) is 0 Å². The minimum atomic E-state index is -0.366. The molecular weight excluding hydrogens is 733 g/mol. The van der Waals surface area contributed by atoms with Gasteiger partial charge in [0, 0.05) is 10.7 Å². The highest BCUT2D eigenvalue weighted by Crippen LogP contribution is 2.30. The highest BCUT2D eigenvalue weighted by atomic mass is 127. The Hall–Kier alpha value is 0.350. The molecule has 31 heavy (non-hydrogen) atoms. The fraction of sp³-hybridized carbons (Fsp3) is 0.667. The molecule has 0 aliphatic rings. The van der Waals surface area contributed by atoms with Gasteiger partial charge >= 0.3 is 11.9 Å². The first-order valence-electron chi connectivity index (χ1n) is 11.3. The van der Waals surface area contributed by atoms with E-state index in [2.05, 4.69) is 81.6 Å². The summed E-state index contributed by atoms with van der Waals surface area (Å²) >= 11 is 6.37. The third kappa shape index (κ3) is 10.4. The molecule has 0 bridgehead atoms. The second kappa shape index (κ2) is 16.1. The first kappa shape index (κ1) is 29.4. The highest BCUT2D eigenvalue weighted by Gasteiger charge is 2.27. The Morgan fingerprint density at radius 3 is 1.48 bits per heavy atom. The standard InChI is InChI=1S/C24H35I3O4/c1-5-7-9-11-13-16(3)30-23(28)20-18(25)15-19(26)21(22(20)27)24(29)31-17(4)14-12-10-8-6-2/h15-17H,5-14H2,1-4H3. The van der Waals surface area contributed by atoms with Gasteiger partial charge in [-0.3, -0.25) is 0 Å². The van der Waals surface area contributed by atoms with Gasteiger partial charge in [-0.25, -0.2) is 9.59 Å². The lowest BCUT2D eigenvalue weighted by Crippen LogP contribution is -2.21. The summed E-state index contributed by atoms with van der Waals surface area (Å²) in [6, 6.07) is 1.86. The molecule has 1 aromatic carbocycles. The number of hydrogen-bond donors (Lipinski definition) is 0. The lowest BCUT2D eigenvalue weighted by Gasteiger charge is -2.18. The molecule has 0 aromatic heterocycles. The Balaban J connectivity index is 2.87. The van der Waals surface area contributed by atoms with Crippen molar-refractivity contribution >= 4 is 79.7 Å². The molecule has 0 amide bonds. The van der Waals surface area contributed by atoms with Gasteiger partial charge in [-0.2, -0.15) is 0 Å². The number of hydrogen-bond acceptors (Lipinski definition) is 4. The van der Waals surface area contributed by atoms with Gasteiger partial charge in [0.2, 0.25) is 0 Å².